The summed E-state index contributed by atoms with van der Waals surface area (Å²) in [7, 11) is 3.34. The zero-order valence-corrected chi connectivity index (χ0v) is 11.1. The molecule has 0 N–H and O–H groups in total. The van der Waals surface area contributed by atoms with Gasteiger partial charge in [0.1, 0.15) is 0 Å². The van der Waals surface area contributed by atoms with Crippen LogP contribution in [0.15, 0.2) is 35.7 Å². The van der Waals surface area contributed by atoms with E-state index in [1.807, 2.05) is 47.7 Å². The number of nitrogens with zero attached hydrogens (tertiary/aromatic N) is 2. The molecule has 1 heterocycles. The number of methoxy groups -OCH3 is 1. The van der Waals surface area contributed by atoms with Gasteiger partial charge >= 0.3 is 5.97 Å². The Morgan fingerprint density at radius 2 is 2.11 bits per heavy atom. The van der Waals surface area contributed by atoms with Crippen LogP contribution in [-0.4, -0.2) is 25.1 Å². The quantitative estimate of drug-likeness (QED) is 0.794. The predicted molar refractivity (Wildman–Crippen MR) is 72.3 cm³/mol. The summed E-state index contributed by atoms with van der Waals surface area (Å²) in [6.07, 6.45) is 0.218. The van der Waals surface area contributed by atoms with Crippen molar-refractivity contribution in [2.24, 2.45) is 0 Å². The van der Waals surface area contributed by atoms with Gasteiger partial charge in [0.15, 0.2) is 5.13 Å². The number of ether oxygens (including phenoxy) is 1. The Bertz CT molecular complexity index is 525. The molecule has 5 heteroatoms. The second-order valence-corrected chi connectivity index (χ2v) is 4.61. The number of carbonyl (C=O) groups is 1. The molecule has 0 saturated heterocycles. The van der Waals surface area contributed by atoms with Crippen LogP contribution in [0, 0.1) is 0 Å². The number of carbonyl (C=O) groups excluding carboxylic acids is 1. The Kier molecular flexibility index (Phi) is 3.94. The Hall–Kier alpha value is -1.88. The molecule has 94 valence electrons. The first kappa shape index (κ1) is 12.6. The number of hydrogen-bond acceptors (Lipinski definition) is 5. The van der Waals surface area contributed by atoms with Crippen LogP contribution in [-0.2, 0) is 16.0 Å². The van der Waals surface area contributed by atoms with Crippen molar-refractivity contribution in [3.8, 4) is 0 Å². The van der Waals surface area contributed by atoms with Crippen LogP contribution >= 0.6 is 11.3 Å². The minimum absolute atomic E-state index is 0.218. The third kappa shape index (κ3) is 2.87. The van der Waals surface area contributed by atoms with Gasteiger partial charge in [-0.25, -0.2) is 4.98 Å². The predicted octanol–water partition coefficient (Wildman–Crippen LogP) is 2.63. The molecule has 0 saturated carbocycles. The molecule has 0 aliphatic heterocycles. The van der Waals surface area contributed by atoms with Gasteiger partial charge in [-0.3, -0.25) is 4.79 Å². The Morgan fingerprint density at radius 1 is 1.39 bits per heavy atom. The fraction of sp³-hybridized carbons (Fsp3) is 0.231. The molecule has 0 amide bonds. The first-order valence-corrected chi connectivity index (χ1v) is 6.38. The monoisotopic (exact) mass is 262 g/mol. The minimum atomic E-state index is -0.269. The zero-order valence-electron chi connectivity index (χ0n) is 10.3. The van der Waals surface area contributed by atoms with Crippen LogP contribution in [0.25, 0.3) is 0 Å². The molecular formula is C13H14N2O2S. The number of hydrogen-bond donors (Lipinski definition) is 0. The van der Waals surface area contributed by atoms with Crippen molar-refractivity contribution in [1.29, 1.82) is 0 Å². The summed E-state index contributed by atoms with van der Waals surface area (Å²) in [5, 5.41) is 2.74. The Balaban J connectivity index is 2.12. The van der Waals surface area contributed by atoms with Gasteiger partial charge in [0.05, 0.1) is 19.2 Å². The smallest absolute Gasteiger partial charge is 0.311 e. The van der Waals surface area contributed by atoms with Crippen molar-refractivity contribution < 1.29 is 9.53 Å². The number of anilines is 2. The lowest BCUT2D eigenvalue weighted by Gasteiger charge is -2.15. The van der Waals surface area contributed by atoms with Crippen molar-refractivity contribution in [2.75, 3.05) is 19.1 Å². The van der Waals surface area contributed by atoms with E-state index < -0.39 is 0 Å². The normalized spacial score (nSPS) is 10.1. The molecule has 1 aromatic heterocycles. The van der Waals surface area contributed by atoms with E-state index in [0.717, 1.165) is 16.5 Å². The molecule has 0 radical (unpaired) electrons. The summed E-state index contributed by atoms with van der Waals surface area (Å²) < 4.78 is 4.62. The van der Waals surface area contributed by atoms with Gasteiger partial charge < -0.3 is 9.64 Å². The second-order valence-electron chi connectivity index (χ2n) is 3.77. The molecule has 0 unspecified atom stereocenters. The van der Waals surface area contributed by atoms with Gasteiger partial charge in [0, 0.05) is 18.1 Å². The van der Waals surface area contributed by atoms with Gasteiger partial charge in [-0.1, -0.05) is 18.2 Å². The van der Waals surface area contributed by atoms with Crippen LogP contribution < -0.4 is 4.90 Å². The van der Waals surface area contributed by atoms with E-state index in [9.17, 15) is 4.79 Å². The molecule has 0 bridgehead atoms. The highest BCUT2D eigenvalue weighted by molar-refractivity contribution is 7.13. The zero-order chi connectivity index (χ0) is 13.0. The van der Waals surface area contributed by atoms with E-state index in [1.54, 1.807) is 0 Å². The minimum Gasteiger partial charge on any atom is -0.469 e. The van der Waals surface area contributed by atoms with Crippen LogP contribution in [0.3, 0.4) is 0 Å². The largest absolute Gasteiger partial charge is 0.469 e. The summed E-state index contributed by atoms with van der Waals surface area (Å²) in [4.78, 5) is 17.6. The van der Waals surface area contributed by atoms with Gasteiger partial charge in [0.25, 0.3) is 0 Å². The molecule has 0 aliphatic rings. The van der Waals surface area contributed by atoms with E-state index >= 15 is 0 Å². The molecular weight excluding hydrogens is 248 g/mol. The second kappa shape index (κ2) is 5.64. The number of thiazole rings is 1. The van der Waals surface area contributed by atoms with Crippen LogP contribution in [0.4, 0.5) is 10.8 Å². The molecule has 0 aliphatic carbocycles. The lowest BCUT2D eigenvalue weighted by atomic mass is 10.3. The SMILES string of the molecule is COC(=O)Cc1csc(N(C)c2ccccc2)n1. The first-order valence-electron chi connectivity index (χ1n) is 5.50. The number of para-hydroxylation sites is 1. The maximum Gasteiger partial charge on any atom is 0.311 e. The fourth-order valence-corrected chi connectivity index (χ4v) is 2.32. The van der Waals surface area contributed by atoms with E-state index in [2.05, 4.69) is 9.72 Å². The van der Waals surface area contributed by atoms with E-state index in [1.165, 1.54) is 18.4 Å². The van der Waals surface area contributed by atoms with Crippen molar-refractivity contribution in [3.05, 3.63) is 41.4 Å². The van der Waals surface area contributed by atoms with E-state index in [0.29, 0.717) is 0 Å². The molecule has 0 fully saturated rings. The summed E-state index contributed by atoms with van der Waals surface area (Å²) in [6.45, 7) is 0. The summed E-state index contributed by atoms with van der Waals surface area (Å²) in [5.74, 6) is -0.269. The fourth-order valence-electron chi connectivity index (χ4n) is 1.51. The maximum atomic E-state index is 11.2. The molecule has 0 spiro atoms. The Morgan fingerprint density at radius 3 is 2.78 bits per heavy atom. The first-order chi connectivity index (χ1) is 8.70. The van der Waals surface area contributed by atoms with Crippen molar-refractivity contribution in [1.82, 2.24) is 4.98 Å². The van der Waals surface area contributed by atoms with Gasteiger partial charge in [-0.15, -0.1) is 11.3 Å². The van der Waals surface area contributed by atoms with E-state index in [4.69, 9.17) is 0 Å². The summed E-state index contributed by atoms with van der Waals surface area (Å²) in [6, 6.07) is 9.97. The van der Waals surface area contributed by atoms with Crippen molar-refractivity contribution >= 4 is 28.1 Å². The molecule has 18 heavy (non-hydrogen) atoms. The average Bonchev–Trinajstić information content (AvgIpc) is 2.87. The lowest BCUT2D eigenvalue weighted by molar-refractivity contribution is -0.139. The van der Waals surface area contributed by atoms with Gasteiger partial charge in [-0.05, 0) is 12.1 Å². The van der Waals surface area contributed by atoms with Gasteiger partial charge in [0.2, 0.25) is 0 Å². The third-order valence-electron chi connectivity index (χ3n) is 2.52. The number of benzene rings is 1. The van der Waals surface area contributed by atoms with Crippen molar-refractivity contribution in [3.63, 3.8) is 0 Å². The van der Waals surface area contributed by atoms with E-state index in [-0.39, 0.29) is 12.4 Å². The van der Waals surface area contributed by atoms with Crippen LogP contribution in [0.5, 0.6) is 0 Å². The molecule has 1 aromatic carbocycles. The summed E-state index contributed by atoms with van der Waals surface area (Å²) >= 11 is 1.51. The third-order valence-corrected chi connectivity index (χ3v) is 3.49. The Labute approximate surface area is 110 Å². The molecule has 2 aromatic rings. The highest BCUT2D eigenvalue weighted by Crippen LogP contribution is 2.26. The highest BCUT2D eigenvalue weighted by atomic mass is 32.1. The number of aromatic nitrogens is 1. The van der Waals surface area contributed by atoms with Gasteiger partial charge in [-0.2, -0.15) is 0 Å². The number of esters is 1. The molecule has 2 rings (SSSR count). The highest BCUT2D eigenvalue weighted by Gasteiger charge is 2.11. The van der Waals surface area contributed by atoms with Crippen LogP contribution in [0.2, 0.25) is 0 Å². The van der Waals surface area contributed by atoms with Crippen LogP contribution in [0.1, 0.15) is 5.69 Å². The number of rotatable bonds is 4. The lowest BCUT2D eigenvalue weighted by Crippen LogP contribution is -2.09. The molecule has 4 nitrogen and oxygen atoms in total. The maximum absolute atomic E-state index is 11.2. The summed E-state index contributed by atoms with van der Waals surface area (Å²) in [5.41, 5.74) is 1.81. The average molecular weight is 262 g/mol. The molecule has 0 atom stereocenters. The topological polar surface area (TPSA) is 42.4 Å². The standard InChI is InChI=1S/C13H14N2O2S/c1-15(11-6-4-3-5-7-11)13-14-10(9-18-13)8-12(16)17-2/h3-7,9H,8H2,1-2H3. The van der Waals surface area contributed by atoms with Crippen molar-refractivity contribution in [2.45, 2.75) is 6.42 Å².